The van der Waals surface area contributed by atoms with Gasteiger partial charge < -0.3 is 5.32 Å². The lowest BCUT2D eigenvalue weighted by Crippen LogP contribution is -2.08. The van der Waals surface area contributed by atoms with E-state index in [0.29, 0.717) is 5.92 Å². The number of thiol groups is 1. The van der Waals surface area contributed by atoms with Gasteiger partial charge >= 0.3 is 0 Å². The van der Waals surface area contributed by atoms with E-state index in [4.69, 9.17) is 0 Å². The van der Waals surface area contributed by atoms with Crippen molar-refractivity contribution in [3.8, 4) is 0 Å². The topological polar surface area (TPSA) is 12.0 Å². The molecule has 0 saturated carbocycles. The van der Waals surface area contributed by atoms with Gasteiger partial charge in [-0.1, -0.05) is 18.2 Å². The Morgan fingerprint density at radius 3 is 2.83 bits per heavy atom. The van der Waals surface area contributed by atoms with Crippen molar-refractivity contribution in [2.75, 3.05) is 13.1 Å². The lowest BCUT2D eigenvalue weighted by atomic mass is 9.99. The summed E-state index contributed by atoms with van der Waals surface area (Å²) in [4.78, 5) is 1.13. The van der Waals surface area contributed by atoms with Crippen LogP contribution in [0.3, 0.4) is 0 Å². The first-order chi connectivity index (χ1) is 5.88. The quantitative estimate of drug-likeness (QED) is 0.629. The van der Waals surface area contributed by atoms with Crippen LogP contribution in [0.1, 0.15) is 17.9 Å². The second-order valence-corrected chi connectivity index (χ2v) is 3.73. The van der Waals surface area contributed by atoms with E-state index in [1.807, 2.05) is 6.07 Å². The maximum atomic E-state index is 4.45. The zero-order valence-electron chi connectivity index (χ0n) is 6.96. The summed E-state index contributed by atoms with van der Waals surface area (Å²) in [7, 11) is 0. The summed E-state index contributed by atoms with van der Waals surface area (Å²) in [5.41, 5.74) is 1.39. The van der Waals surface area contributed by atoms with Crippen molar-refractivity contribution in [2.45, 2.75) is 17.2 Å². The monoisotopic (exact) mass is 179 g/mol. The van der Waals surface area contributed by atoms with Gasteiger partial charge in [0.15, 0.2) is 0 Å². The molecule has 64 valence electrons. The second kappa shape index (κ2) is 3.50. The minimum absolute atomic E-state index is 0.679. The Morgan fingerprint density at radius 2 is 2.17 bits per heavy atom. The Morgan fingerprint density at radius 1 is 1.33 bits per heavy atom. The molecule has 1 aliphatic rings. The summed E-state index contributed by atoms with van der Waals surface area (Å²) in [5, 5.41) is 3.36. The van der Waals surface area contributed by atoms with E-state index in [1.54, 1.807) is 0 Å². The molecule has 0 aliphatic carbocycles. The minimum atomic E-state index is 0.679. The van der Waals surface area contributed by atoms with Crippen LogP contribution in [0.5, 0.6) is 0 Å². The number of hydrogen-bond acceptors (Lipinski definition) is 2. The van der Waals surface area contributed by atoms with Gasteiger partial charge in [0.1, 0.15) is 0 Å². The Kier molecular flexibility index (Phi) is 2.38. The van der Waals surface area contributed by atoms with Gasteiger partial charge in [0.2, 0.25) is 0 Å². The molecule has 0 aromatic heterocycles. The van der Waals surface area contributed by atoms with Crippen LogP contribution in [0.4, 0.5) is 0 Å². The van der Waals surface area contributed by atoms with Gasteiger partial charge in [-0.3, -0.25) is 0 Å². The van der Waals surface area contributed by atoms with Crippen molar-refractivity contribution in [2.24, 2.45) is 0 Å². The Labute approximate surface area is 78.6 Å². The molecule has 1 unspecified atom stereocenters. The van der Waals surface area contributed by atoms with Crippen LogP contribution in [0.2, 0.25) is 0 Å². The third kappa shape index (κ3) is 1.50. The van der Waals surface area contributed by atoms with E-state index in [2.05, 4.69) is 36.1 Å². The minimum Gasteiger partial charge on any atom is -0.316 e. The first kappa shape index (κ1) is 8.14. The zero-order chi connectivity index (χ0) is 8.39. The van der Waals surface area contributed by atoms with Crippen molar-refractivity contribution in [1.29, 1.82) is 0 Å². The molecule has 0 bridgehead atoms. The molecule has 1 aliphatic heterocycles. The van der Waals surface area contributed by atoms with Crippen molar-refractivity contribution < 1.29 is 0 Å². The molecule has 1 aromatic carbocycles. The molecule has 0 radical (unpaired) electrons. The third-order valence-corrected chi connectivity index (χ3v) is 2.84. The van der Waals surface area contributed by atoms with Gasteiger partial charge in [0, 0.05) is 11.4 Å². The van der Waals surface area contributed by atoms with Crippen LogP contribution in [0.25, 0.3) is 0 Å². The van der Waals surface area contributed by atoms with Gasteiger partial charge in [-0.15, -0.1) is 12.6 Å². The predicted molar refractivity (Wildman–Crippen MR) is 53.9 cm³/mol. The Hall–Kier alpha value is -0.470. The average molecular weight is 179 g/mol. The van der Waals surface area contributed by atoms with Gasteiger partial charge in [-0.25, -0.2) is 0 Å². The summed E-state index contributed by atoms with van der Waals surface area (Å²) in [6.45, 7) is 2.25. The van der Waals surface area contributed by atoms with E-state index in [9.17, 15) is 0 Å². The molecule has 2 heteroatoms. The van der Waals surface area contributed by atoms with Crippen molar-refractivity contribution in [1.82, 2.24) is 5.32 Å². The molecular formula is C10H13NS. The van der Waals surface area contributed by atoms with Gasteiger partial charge in [-0.2, -0.15) is 0 Å². The molecule has 0 spiro atoms. The van der Waals surface area contributed by atoms with Gasteiger partial charge in [0.05, 0.1) is 0 Å². The van der Waals surface area contributed by atoms with Crippen LogP contribution < -0.4 is 5.32 Å². The first-order valence-corrected chi connectivity index (χ1v) is 4.81. The highest BCUT2D eigenvalue weighted by Crippen LogP contribution is 2.27. The predicted octanol–water partition coefficient (Wildman–Crippen LogP) is 2.05. The van der Waals surface area contributed by atoms with Crippen molar-refractivity contribution in [3.05, 3.63) is 29.8 Å². The number of benzene rings is 1. The largest absolute Gasteiger partial charge is 0.316 e. The van der Waals surface area contributed by atoms with E-state index in [0.717, 1.165) is 18.0 Å². The molecule has 1 heterocycles. The maximum Gasteiger partial charge on any atom is 0.00753 e. The average Bonchev–Trinajstić information content (AvgIpc) is 2.57. The third-order valence-electron chi connectivity index (χ3n) is 2.44. The Balaban J connectivity index is 2.26. The number of nitrogens with one attached hydrogen (secondary N) is 1. The molecular weight excluding hydrogens is 166 g/mol. The SMILES string of the molecule is Sc1ccccc1C1CCNC1. The van der Waals surface area contributed by atoms with E-state index < -0.39 is 0 Å². The van der Waals surface area contributed by atoms with Gasteiger partial charge in [0.25, 0.3) is 0 Å². The molecule has 12 heavy (non-hydrogen) atoms. The van der Waals surface area contributed by atoms with Crippen molar-refractivity contribution in [3.63, 3.8) is 0 Å². The summed E-state index contributed by atoms with van der Waals surface area (Å²) in [6, 6.07) is 8.37. The van der Waals surface area contributed by atoms with Crippen LogP contribution in [-0.4, -0.2) is 13.1 Å². The van der Waals surface area contributed by atoms with E-state index in [-0.39, 0.29) is 0 Å². The summed E-state index contributed by atoms with van der Waals surface area (Å²) < 4.78 is 0. The molecule has 1 N–H and O–H groups in total. The van der Waals surface area contributed by atoms with Crippen LogP contribution >= 0.6 is 12.6 Å². The highest BCUT2D eigenvalue weighted by molar-refractivity contribution is 7.80. The van der Waals surface area contributed by atoms with E-state index >= 15 is 0 Å². The highest BCUT2D eigenvalue weighted by atomic mass is 32.1. The fourth-order valence-electron chi connectivity index (χ4n) is 1.75. The van der Waals surface area contributed by atoms with Crippen LogP contribution in [-0.2, 0) is 0 Å². The fraction of sp³-hybridized carbons (Fsp3) is 0.400. The summed E-state index contributed by atoms with van der Waals surface area (Å²) in [5.74, 6) is 0.679. The molecule has 1 nitrogen and oxygen atoms in total. The molecule has 0 amide bonds. The molecule has 1 fully saturated rings. The van der Waals surface area contributed by atoms with Crippen LogP contribution in [0.15, 0.2) is 29.2 Å². The first-order valence-electron chi connectivity index (χ1n) is 4.36. The Bertz CT molecular complexity index is 266. The lowest BCUT2D eigenvalue weighted by Gasteiger charge is -2.10. The molecule has 1 saturated heterocycles. The molecule has 2 rings (SSSR count). The maximum absolute atomic E-state index is 4.45. The van der Waals surface area contributed by atoms with Gasteiger partial charge in [-0.05, 0) is 30.5 Å². The normalized spacial score (nSPS) is 22.9. The molecule has 1 atom stereocenters. The zero-order valence-corrected chi connectivity index (χ0v) is 7.85. The summed E-state index contributed by atoms with van der Waals surface area (Å²) >= 11 is 4.45. The standard InChI is InChI=1S/C10H13NS/c12-10-4-2-1-3-9(10)8-5-6-11-7-8/h1-4,8,11-12H,5-7H2. The fourth-order valence-corrected chi connectivity index (χ4v) is 2.10. The van der Waals surface area contributed by atoms with Crippen molar-refractivity contribution >= 4 is 12.6 Å². The smallest absolute Gasteiger partial charge is 0.00753 e. The molecule has 1 aromatic rings. The van der Waals surface area contributed by atoms with E-state index in [1.165, 1.54) is 12.0 Å². The lowest BCUT2D eigenvalue weighted by molar-refractivity contribution is 0.748. The highest BCUT2D eigenvalue weighted by Gasteiger charge is 2.17. The van der Waals surface area contributed by atoms with Crippen LogP contribution in [0, 0.1) is 0 Å². The summed E-state index contributed by atoms with van der Waals surface area (Å²) in [6.07, 6.45) is 1.25. The second-order valence-electron chi connectivity index (χ2n) is 3.25. The number of rotatable bonds is 1. The number of hydrogen-bond donors (Lipinski definition) is 2.